The molecule has 1 atom stereocenters. The average molecular weight is 429 g/mol. The van der Waals surface area contributed by atoms with Gasteiger partial charge in [0.15, 0.2) is 0 Å². The van der Waals surface area contributed by atoms with Crippen molar-refractivity contribution in [2.24, 2.45) is 10.8 Å². The molecule has 3 heterocycles. The van der Waals surface area contributed by atoms with Crippen LogP contribution in [0, 0.1) is 10.8 Å². The maximum atomic E-state index is 13.4. The fraction of sp³-hybridized carbons (Fsp3) is 0.609. The molecule has 1 aromatic carbocycles. The monoisotopic (exact) mass is 428 g/mol. The standard InChI is InChI=1S/C23H32N4O4/c1-4-25-13-10-23(20(25)29)16-27(17(2)28)15-22(23)8-11-26(12-9-22)21(30)24-18-6-5-7-19(14-18)31-3/h5-7,14H,4,8-13,15-16H2,1-3H3,(H,24,30). The van der Waals surface area contributed by atoms with Crippen molar-refractivity contribution < 1.29 is 19.1 Å². The van der Waals surface area contributed by atoms with E-state index in [9.17, 15) is 14.4 Å². The van der Waals surface area contributed by atoms with Crippen LogP contribution in [0.2, 0.25) is 0 Å². The lowest BCUT2D eigenvalue weighted by molar-refractivity contribution is -0.141. The quantitative estimate of drug-likeness (QED) is 0.802. The molecule has 1 aromatic rings. The minimum absolute atomic E-state index is 0.0252. The van der Waals surface area contributed by atoms with Crippen LogP contribution in [0.1, 0.15) is 33.1 Å². The van der Waals surface area contributed by atoms with Gasteiger partial charge in [0.05, 0.1) is 12.5 Å². The highest BCUT2D eigenvalue weighted by atomic mass is 16.5. The first-order valence-electron chi connectivity index (χ1n) is 11.1. The zero-order chi connectivity index (χ0) is 22.2. The summed E-state index contributed by atoms with van der Waals surface area (Å²) >= 11 is 0. The topological polar surface area (TPSA) is 82.2 Å². The average Bonchev–Trinajstić information content (AvgIpc) is 3.27. The number of likely N-dealkylation sites (tertiary alicyclic amines) is 3. The summed E-state index contributed by atoms with van der Waals surface area (Å²) in [5.41, 5.74) is -0.0782. The molecule has 8 nitrogen and oxygen atoms in total. The number of hydrogen-bond donors (Lipinski definition) is 1. The third-order valence-electron chi connectivity index (χ3n) is 7.63. The Morgan fingerprint density at radius 3 is 2.45 bits per heavy atom. The van der Waals surface area contributed by atoms with Gasteiger partial charge in [-0.1, -0.05) is 6.07 Å². The Balaban J connectivity index is 1.49. The van der Waals surface area contributed by atoms with E-state index in [4.69, 9.17) is 4.74 Å². The lowest BCUT2D eigenvalue weighted by Gasteiger charge is -2.46. The Hall–Kier alpha value is -2.77. The van der Waals surface area contributed by atoms with Crippen molar-refractivity contribution in [3.8, 4) is 5.75 Å². The van der Waals surface area contributed by atoms with Crippen molar-refractivity contribution in [2.45, 2.75) is 33.1 Å². The van der Waals surface area contributed by atoms with E-state index >= 15 is 0 Å². The molecule has 0 radical (unpaired) electrons. The molecule has 1 N–H and O–H groups in total. The normalized spacial score (nSPS) is 24.9. The van der Waals surface area contributed by atoms with E-state index in [1.807, 2.05) is 39.8 Å². The van der Waals surface area contributed by atoms with Crippen molar-refractivity contribution in [3.05, 3.63) is 24.3 Å². The molecule has 0 aliphatic carbocycles. The molecule has 0 saturated carbocycles. The number of fused-ring (bicyclic) bond motifs is 1. The maximum absolute atomic E-state index is 13.4. The third-order valence-corrected chi connectivity index (χ3v) is 7.63. The number of nitrogens with one attached hydrogen (secondary N) is 1. The molecule has 3 saturated heterocycles. The number of anilines is 1. The van der Waals surface area contributed by atoms with Gasteiger partial charge in [-0.25, -0.2) is 4.79 Å². The van der Waals surface area contributed by atoms with Crippen molar-refractivity contribution in [2.75, 3.05) is 51.7 Å². The first-order chi connectivity index (χ1) is 14.8. The van der Waals surface area contributed by atoms with Gasteiger partial charge < -0.3 is 24.8 Å². The van der Waals surface area contributed by atoms with Crippen LogP contribution in [-0.4, -0.2) is 78.9 Å². The van der Waals surface area contributed by atoms with Gasteiger partial charge in [-0.3, -0.25) is 9.59 Å². The van der Waals surface area contributed by atoms with Gasteiger partial charge in [0.25, 0.3) is 0 Å². The van der Waals surface area contributed by atoms with Crippen molar-refractivity contribution >= 4 is 23.5 Å². The predicted octanol–water partition coefficient (Wildman–Crippen LogP) is 2.41. The summed E-state index contributed by atoms with van der Waals surface area (Å²) in [5.74, 6) is 0.901. The van der Waals surface area contributed by atoms with E-state index < -0.39 is 5.41 Å². The van der Waals surface area contributed by atoms with Gasteiger partial charge in [0, 0.05) is 63.4 Å². The van der Waals surface area contributed by atoms with E-state index in [1.165, 1.54) is 0 Å². The first-order valence-corrected chi connectivity index (χ1v) is 11.1. The molecular weight excluding hydrogens is 396 g/mol. The van der Waals surface area contributed by atoms with Crippen LogP contribution in [0.5, 0.6) is 5.75 Å². The smallest absolute Gasteiger partial charge is 0.321 e. The number of carbonyl (C=O) groups excluding carboxylic acids is 3. The van der Waals surface area contributed by atoms with Gasteiger partial charge in [-0.05, 0) is 38.3 Å². The minimum Gasteiger partial charge on any atom is -0.497 e. The van der Waals surface area contributed by atoms with Crippen LogP contribution in [0.25, 0.3) is 0 Å². The molecular formula is C23H32N4O4. The van der Waals surface area contributed by atoms with Crippen LogP contribution in [0.4, 0.5) is 10.5 Å². The van der Waals surface area contributed by atoms with Gasteiger partial charge in [0.2, 0.25) is 11.8 Å². The summed E-state index contributed by atoms with van der Waals surface area (Å²) < 4.78 is 5.22. The summed E-state index contributed by atoms with van der Waals surface area (Å²) in [7, 11) is 1.59. The molecule has 3 fully saturated rings. The number of rotatable bonds is 3. The second-order valence-electron chi connectivity index (χ2n) is 9.02. The Bertz CT molecular complexity index is 880. The van der Waals surface area contributed by atoms with Crippen LogP contribution < -0.4 is 10.1 Å². The molecule has 168 valence electrons. The van der Waals surface area contributed by atoms with Gasteiger partial charge in [-0.2, -0.15) is 0 Å². The largest absolute Gasteiger partial charge is 0.497 e. The zero-order valence-electron chi connectivity index (χ0n) is 18.6. The van der Waals surface area contributed by atoms with Gasteiger partial charge in [0.1, 0.15) is 5.75 Å². The van der Waals surface area contributed by atoms with Crippen LogP contribution in [0.15, 0.2) is 24.3 Å². The molecule has 8 heteroatoms. The lowest BCUT2D eigenvalue weighted by atomic mass is 9.60. The molecule has 4 amide bonds. The highest BCUT2D eigenvalue weighted by Gasteiger charge is 2.65. The molecule has 3 aliphatic heterocycles. The molecule has 1 unspecified atom stereocenters. The fourth-order valence-corrected chi connectivity index (χ4v) is 5.74. The van der Waals surface area contributed by atoms with Crippen molar-refractivity contribution in [3.63, 3.8) is 0 Å². The summed E-state index contributed by atoms with van der Waals surface area (Å²) in [5, 5.41) is 2.95. The Kier molecular flexibility index (Phi) is 5.58. The lowest BCUT2D eigenvalue weighted by Crippen LogP contribution is -2.54. The second kappa shape index (κ2) is 8.05. The van der Waals surface area contributed by atoms with Gasteiger partial charge >= 0.3 is 6.03 Å². The number of carbonyl (C=O) groups is 3. The van der Waals surface area contributed by atoms with E-state index in [0.717, 1.165) is 25.8 Å². The van der Waals surface area contributed by atoms with Crippen molar-refractivity contribution in [1.29, 1.82) is 0 Å². The SMILES string of the molecule is CCN1CCC2(CN(C(C)=O)CC23CCN(C(=O)Nc2cccc(OC)c2)CC3)C1=O. The molecule has 0 aromatic heterocycles. The number of hydrogen-bond acceptors (Lipinski definition) is 4. The molecule has 31 heavy (non-hydrogen) atoms. The fourth-order valence-electron chi connectivity index (χ4n) is 5.74. The number of amides is 4. The number of benzene rings is 1. The number of urea groups is 1. The summed E-state index contributed by atoms with van der Waals surface area (Å²) in [4.78, 5) is 44.1. The van der Waals surface area contributed by atoms with Crippen molar-refractivity contribution in [1.82, 2.24) is 14.7 Å². The predicted molar refractivity (Wildman–Crippen MR) is 117 cm³/mol. The summed E-state index contributed by atoms with van der Waals surface area (Å²) in [6.45, 7) is 7.30. The highest BCUT2D eigenvalue weighted by molar-refractivity contribution is 5.90. The second-order valence-corrected chi connectivity index (χ2v) is 9.02. The molecule has 0 bridgehead atoms. The Morgan fingerprint density at radius 2 is 1.84 bits per heavy atom. The maximum Gasteiger partial charge on any atom is 0.321 e. The number of piperidine rings is 1. The number of nitrogens with zero attached hydrogens (tertiary/aromatic N) is 3. The minimum atomic E-state index is -0.510. The molecule has 2 spiro atoms. The first kappa shape index (κ1) is 21.5. The molecule has 4 rings (SSSR count). The number of ether oxygens (including phenoxy) is 1. The Labute approximate surface area is 183 Å². The van der Waals surface area contributed by atoms with Crippen LogP contribution in [0.3, 0.4) is 0 Å². The van der Waals surface area contributed by atoms with Gasteiger partial charge in [-0.15, -0.1) is 0 Å². The van der Waals surface area contributed by atoms with E-state index in [1.54, 1.807) is 20.1 Å². The van der Waals surface area contributed by atoms with E-state index in [2.05, 4.69) is 5.32 Å². The Morgan fingerprint density at radius 1 is 1.10 bits per heavy atom. The third kappa shape index (κ3) is 3.51. The zero-order valence-corrected chi connectivity index (χ0v) is 18.6. The summed E-state index contributed by atoms with van der Waals surface area (Å²) in [6, 6.07) is 7.14. The van der Waals surface area contributed by atoms with Crippen LogP contribution in [-0.2, 0) is 9.59 Å². The van der Waals surface area contributed by atoms with E-state index in [-0.39, 0.29) is 23.3 Å². The number of methoxy groups -OCH3 is 1. The van der Waals surface area contributed by atoms with Crippen LogP contribution >= 0.6 is 0 Å². The van der Waals surface area contributed by atoms with E-state index in [0.29, 0.717) is 44.2 Å². The summed E-state index contributed by atoms with van der Waals surface area (Å²) in [6.07, 6.45) is 2.25. The molecule has 3 aliphatic rings. The highest BCUT2D eigenvalue weighted by Crippen LogP contribution is 2.57.